The van der Waals surface area contributed by atoms with Crippen LogP contribution in [0.15, 0.2) is 0 Å². The van der Waals surface area contributed by atoms with Gasteiger partial charge in [-0.15, -0.1) is 0 Å². The monoisotopic (exact) mass is 98.1 g/mol. The van der Waals surface area contributed by atoms with Crippen molar-refractivity contribution >= 4 is 13.7 Å². The van der Waals surface area contributed by atoms with Crippen LogP contribution in [0.3, 0.4) is 0 Å². The molecule has 0 aromatic rings. The Balaban J connectivity index is 3.13. The quantitative estimate of drug-likeness (QED) is 0.230. The lowest BCUT2D eigenvalue weighted by Crippen LogP contribution is -2.18. The summed E-state index contributed by atoms with van der Waals surface area (Å²) in [5, 5.41) is 14.8. The SMILES string of the molecule is [B]C(O)CC(=N)N. The first-order valence-corrected chi connectivity index (χ1v) is 1.89. The first-order chi connectivity index (χ1) is 3.13. The van der Waals surface area contributed by atoms with Gasteiger partial charge in [0.05, 0.1) is 5.84 Å². The van der Waals surface area contributed by atoms with Crippen LogP contribution in [-0.2, 0) is 0 Å². The molecular weight excluding hydrogens is 90.9 g/mol. The molecule has 0 fully saturated rings. The summed E-state index contributed by atoms with van der Waals surface area (Å²) >= 11 is 0. The van der Waals surface area contributed by atoms with E-state index in [0.29, 0.717) is 0 Å². The summed E-state index contributed by atoms with van der Waals surface area (Å²) in [6, 6.07) is -0.975. The van der Waals surface area contributed by atoms with Crippen LogP contribution in [0.5, 0.6) is 0 Å². The van der Waals surface area contributed by atoms with Crippen molar-refractivity contribution in [1.29, 1.82) is 5.41 Å². The van der Waals surface area contributed by atoms with E-state index >= 15 is 0 Å². The van der Waals surface area contributed by atoms with Crippen molar-refractivity contribution in [3.05, 3.63) is 0 Å². The van der Waals surface area contributed by atoms with Crippen LogP contribution in [0.25, 0.3) is 0 Å². The summed E-state index contributed by atoms with van der Waals surface area (Å²) < 4.78 is 0. The fourth-order valence-corrected chi connectivity index (χ4v) is 0.225. The molecule has 4 heteroatoms. The molecule has 1 unspecified atom stereocenters. The Morgan fingerprint density at radius 2 is 2.43 bits per heavy atom. The third-order valence-electron chi connectivity index (χ3n) is 0.429. The van der Waals surface area contributed by atoms with Gasteiger partial charge in [0, 0.05) is 12.4 Å². The highest BCUT2D eigenvalue weighted by Crippen LogP contribution is 1.80. The lowest BCUT2D eigenvalue weighted by Gasteiger charge is -1.98. The summed E-state index contributed by atoms with van der Waals surface area (Å²) in [5.41, 5.74) is 4.84. The van der Waals surface area contributed by atoms with Gasteiger partial charge in [-0.25, -0.2) is 0 Å². The topological polar surface area (TPSA) is 70.1 Å². The predicted molar refractivity (Wildman–Crippen MR) is 28.3 cm³/mol. The summed E-state index contributed by atoms with van der Waals surface area (Å²) in [6.45, 7) is 0. The number of rotatable bonds is 2. The molecule has 0 aliphatic heterocycles. The van der Waals surface area contributed by atoms with Gasteiger partial charge in [0.15, 0.2) is 0 Å². The number of nitrogens with one attached hydrogen (secondary N) is 1. The molecule has 3 nitrogen and oxygen atoms in total. The van der Waals surface area contributed by atoms with Gasteiger partial charge in [-0.3, -0.25) is 5.41 Å². The third-order valence-corrected chi connectivity index (χ3v) is 0.429. The molecule has 0 rings (SSSR count). The molecule has 0 saturated carbocycles. The zero-order valence-corrected chi connectivity index (χ0v) is 3.89. The van der Waals surface area contributed by atoms with Crippen molar-refractivity contribution in [3.8, 4) is 0 Å². The van der Waals surface area contributed by atoms with Crippen LogP contribution < -0.4 is 5.73 Å². The van der Waals surface area contributed by atoms with Gasteiger partial charge in [0.2, 0.25) is 0 Å². The van der Waals surface area contributed by atoms with Crippen LogP contribution in [0, 0.1) is 5.41 Å². The van der Waals surface area contributed by atoms with Gasteiger partial charge in [-0.05, 0) is 0 Å². The number of amidine groups is 1. The minimum atomic E-state index is -0.975. The van der Waals surface area contributed by atoms with Crippen molar-refractivity contribution in [3.63, 3.8) is 0 Å². The fourth-order valence-electron chi connectivity index (χ4n) is 0.225. The molecule has 0 bridgehead atoms. The van der Waals surface area contributed by atoms with Crippen molar-refractivity contribution < 1.29 is 5.11 Å². The van der Waals surface area contributed by atoms with Gasteiger partial charge in [-0.1, -0.05) is 0 Å². The standard InChI is InChI=1S/C3H7BN2O/c4-2(7)1-3(5)6/h2,7H,1H2,(H3,5,6). The molecule has 0 aromatic heterocycles. The molecule has 0 saturated heterocycles. The second kappa shape index (κ2) is 2.63. The normalized spacial score (nSPS) is 13.3. The lowest BCUT2D eigenvalue weighted by molar-refractivity contribution is 0.263. The number of aliphatic hydroxyl groups excluding tert-OH is 1. The van der Waals surface area contributed by atoms with Crippen molar-refractivity contribution in [2.45, 2.75) is 12.4 Å². The highest BCUT2D eigenvalue weighted by Gasteiger charge is 1.94. The van der Waals surface area contributed by atoms with E-state index in [1.807, 2.05) is 0 Å². The molecule has 7 heavy (non-hydrogen) atoms. The molecule has 38 valence electrons. The Morgan fingerprint density at radius 1 is 2.00 bits per heavy atom. The Labute approximate surface area is 43.4 Å². The molecule has 1 atom stereocenters. The van der Waals surface area contributed by atoms with E-state index in [-0.39, 0.29) is 12.3 Å². The highest BCUT2D eigenvalue weighted by molar-refractivity contribution is 6.12. The van der Waals surface area contributed by atoms with E-state index in [2.05, 4.69) is 0 Å². The van der Waals surface area contributed by atoms with Crippen LogP contribution in [0.1, 0.15) is 6.42 Å². The first kappa shape index (κ1) is 6.49. The highest BCUT2D eigenvalue weighted by atomic mass is 16.3. The second-order valence-corrected chi connectivity index (χ2v) is 1.30. The predicted octanol–water partition coefficient (Wildman–Crippen LogP) is -1.20. The molecular formula is C3H7BN2O. The molecule has 0 aliphatic rings. The Morgan fingerprint density at radius 3 is 2.43 bits per heavy atom. The maximum atomic E-state index is 8.28. The van der Waals surface area contributed by atoms with E-state index < -0.39 is 6.00 Å². The van der Waals surface area contributed by atoms with Crippen LogP contribution in [0.2, 0.25) is 0 Å². The molecule has 4 N–H and O–H groups in total. The van der Waals surface area contributed by atoms with Crippen LogP contribution >= 0.6 is 0 Å². The third kappa shape index (κ3) is 5.49. The number of aliphatic hydroxyl groups is 1. The summed E-state index contributed by atoms with van der Waals surface area (Å²) in [5.74, 6) is -0.0880. The number of hydrogen-bond donors (Lipinski definition) is 3. The minimum absolute atomic E-state index is 0.0556. The van der Waals surface area contributed by atoms with Crippen molar-refractivity contribution in [1.82, 2.24) is 0 Å². The summed E-state index contributed by atoms with van der Waals surface area (Å²) in [4.78, 5) is 0. The Bertz CT molecular complexity index is 73.3. The largest absolute Gasteiger partial charge is 0.402 e. The first-order valence-electron chi connectivity index (χ1n) is 1.89. The van der Waals surface area contributed by atoms with Crippen LogP contribution in [0.4, 0.5) is 0 Å². The molecule has 2 radical (unpaired) electrons. The van der Waals surface area contributed by atoms with Gasteiger partial charge < -0.3 is 10.8 Å². The van der Waals surface area contributed by atoms with Crippen LogP contribution in [-0.4, -0.2) is 24.8 Å². The number of hydrogen-bond acceptors (Lipinski definition) is 2. The van der Waals surface area contributed by atoms with Gasteiger partial charge in [-0.2, -0.15) is 0 Å². The van der Waals surface area contributed by atoms with E-state index in [0.717, 1.165) is 0 Å². The smallest absolute Gasteiger partial charge is 0.109 e. The number of nitrogens with two attached hydrogens (primary N) is 1. The average Bonchev–Trinajstić information content (AvgIpc) is 1.27. The lowest BCUT2D eigenvalue weighted by atomic mass is 9.97. The van der Waals surface area contributed by atoms with Crippen molar-refractivity contribution in [2.24, 2.45) is 5.73 Å². The molecule has 0 amide bonds. The van der Waals surface area contributed by atoms with Gasteiger partial charge in [0.1, 0.15) is 7.85 Å². The minimum Gasteiger partial charge on any atom is -0.402 e. The fraction of sp³-hybridized carbons (Fsp3) is 0.667. The zero-order chi connectivity index (χ0) is 5.86. The van der Waals surface area contributed by atoms with Crippen molar-refractivity contribution in [2.75, 3.05) is 0 Å². The van der Waals surface area contributed by atoms with Gasteiger partial charge >= 0.3 is 0 Å². The van der Waals surface area contributed by atoms with E-state index in [1.54, 1.807) is 0 Å². The molecule has 0 aromatic carbocycles. The van der Waals surface area contributed by atoms with Gasteiger partial charge in [0.25, 0.3) is 0 Å². The molecule has 0 aliphatic carbocycles. The maximum absolute atomic E-state index is 8.28. The zero-order valence-electron chi connectivity index (χ0n) is 3.89. The van der Waals surface area contributed by atoms with E-state index in [9.17, 15) is 0 Å². The summed E-state index contributed by atoms with van der Waals surface area (Å²) in [7, 11) is 4.83. The molecule has 0 heterocycles. The van der Waals surface area contributed by atoms with E-state index in [1.165, 1.54) is 0 Å². The summed E-state index contributed by atoms with van der Waals surface area (Å²) in [6.07, 6.45) is 0.0556. The second-order valence-electron chi connectivity index (χ2n) is 1.30. The maximum Gasteiger partial charge on any atom is 0.109 e. The molecule has 0 spiro atoms. The Kier molecular flexibility index (Phi) is 2.44. The average molecular weight is 97.9 g/mol. The Hall–Kier alpha value is -0.505. The van der Waals surface area contributed by atoms with E-state index in [4.69, 9.17) is 24.1 Å².